The Bertz CT molecular complexity index is 1000. The lowest BCUT2D eigenvalue weighted by Gasteiger charge is -2.37. The van der Waals surface area contributed by atoms with Gasteiger partial charge < -0.3 is 10.2 Å². The van der Waals surface area contributed by atoms with E-state index in [1.54, 1.807) is 0 Å². The summed E-state index contributed by atoms with van der Waals surface area (Å²) in [5.41, 5.74) is 9.72. The maximum Gasteiger partial charge on any atom is 0.417 e. The van der Waals surface area contributed by atoms with Gasteiger partial charge in [0.05, 0.1) is 5.52 Å². The number of oxazole rings is 1. The van der Waals surface area contributed by atoms with Gasteiger partial charge in [-0.1, -0.05) is 18.2 Å². The fraction of sp³-hybridized carbons (Fsp3) is 0.458. The average Bonchev–Trinajstić information content (AvgIpc) is 3.14. The normalized spacial score (nSPS) is 19.6. The maximum atomic E-state index is 13.1. The molecule has 1 saturated carbocycles. The lowest BCUT2D eigenvalue weighted by molar-refractivity contribution is 0.151. The zero-order valence-electron chi connectivity index (χ0n) is 17.3. The highest BCUT2D eigenvalue weighted by Crippen LogP contribution is 2.35. The van der Waals surface area contributed by atoms with Gasteiger partial charge in [0.25, 0.3) is 0 Å². The molecule has 30 heavy (non-hydrogen) atoms. The Morgan fingerprint density at radius 2 is 1.83 bits per heavy atom. The summed E-state index contributed by atoms with van der Waals surface area (Å²) in [6.45, 7) is 2.60. The first-order chi connectivity index (χ1) is 14.6. The van der Waals surface area contributed by atoms with E-state index in [0.29, 0.717) is 24.1 Å². The number of nitrogens with zero attached hydrogens (tertiary/aromatic N) is 1. The summed E-state index contributed by atoms with van der Waals surface area (Å²) < 4.78 is 18.3. The van der Waals surface area contributed by atoms with Gasteiger partial charge in [0.1, 0.15) is 5.82 Å². The van der Waals surface area contributed by atoms with Gasteiger partial charge in [-0.3, -0.25) is 9.88 Å². The number of aromatic nitrogens is 1. The van der Waals surface area contributed by atoms with Crippen LogP contribution in [0.2, 0.25) is 0 Å². The molecule has 0 amide bonds. The molecule has 0 bridgehead atoms. The number of nitrogens with one attached hydrogen (secondary N) is 1. The molecule has 1 aliphatic carbocycles. The number of aryl methyl sites for hydroxylation is 1. The maximum absolute atomic E-state index is 13.1. The van der Waals surface area contributed by atoms with Crippen molar-refractivity contribution in [3.63, 3.8) is 0 Å². The SMILES string of the molecule is NCCN(CCCc1ccc(F)cc1)[C@H]1CC[C@H](c2ccc3[nH]c(=O)oc3c2)CC1. The summed E-state index contributed by atoms with van der Waals surface area (Å²) in [5.74, 6) is -0.0771. The summed E-state index contributed by atoms with van der Waals surface area (Å²) in [7, 11) is 0. The highest BCUT2D eigenvalue weighted by Gasteiger charge is 2.26. The Morgan fingerprint density at radius 3 is 2.57 bits per heavy atom. The summed E-state index contributed by atoms with van der Waals surface area (Å²) >= 11 is 0. The minimum absolute atomic E-state index is 0.182. The third-order valence-electron chi connectivity index (χ3n) is 6.37. The van der Waals surface area contributed by atoms with Crippen LogP contribution in [0.4, 0.5) is 4.39 Å². The van der Waals surface area contributed by atoms with Crippen molar-refractivity contribution in [3.05, 3.63) is 70.0 Å². The van der Waals surface area contributed by atoms with Gasteiger partial charge in [-0.2, -0.15) is 0 Å². The quantitative estimate of drug-likeness (QED) is 0.583. The van der Waals surface area contributed by atoms with Gasteiger partial charge in [0.15, 0.2) is 5.58 Å². The zero-order chi connectivity index (χ0) is 20.9. The van der Waals surface area contributed by atoms with E-state index in [4.69, 9.17) is 10.2 Å². The molecule has 160 valence electrons. The van der Waals surface area contributed by atoms with Gasteiger partial charge in [-0.15, -0.1) is 0 Å². The molecule has 1 heterocycles. The van der Waals surface area contributed by atoms with Crippen molar-refractivity contribution >= 4 is 11.1 Å². The van der Waals surface area contributed by atoms with E-state index in [1.165, 1.54) is 23.3 Å². The Labute approximate surface area is 176 Å². The topological polar surface area (TPSA) is 75.3 Å². The molecular formula is C24H30FN3O2. The summed E-state index contributed by atoms with van der Waals surface area (Å²) in [4.78, 5) is 16.6. The first-order valence-corrected chi connectivity index (χ1v) is 10.9. The summed E-state index contributed by atoms with van der Waals surface area (Å²) in [5, 5.41) is 0. The van der Waals surface area contributed by atoms with E-state index in [1.807, 2.05) is 24.3 Å². The van der Waals surface area contributed by atoms with E-state index in [-0.39, 0.29) is 5.82 Å². The molecule has 0 unspecified atom stereocenters. The number of hydrogen-bond acceptors (Lipinski definition) is 4. The van der Waals surface area contributed by atoms with Crippen molar-refractivity contribution in [1.82, 2.24) is 9.88 Å². The number of halogens is 1. The van der Waals surface area contributed by atoms with Crippen LogP contribution in [0.5, 0.6) is 0 Å². The van der Waals surface area contributed by atoms with Crippen LogP contribution in [0.1, 0.15) is 49.1 Å². The second-order valence-corrected chi connectivity index (χ2v) is 8.33. The first-order valence-electron chi connectivity index (χ1n) is 10.9. The third-order valence-corrected chi connectivity index (χ3v) is 6.37. The average molecular weight is 412 g/mol. The second kappa shape index (κ2) is 9.58. The zero-order valence-corrected chi connectivity index (χ0v) is 17.3. The molecule has 0 aliphatic heterocycles. The molecule has 3 aromatic rings. The molecule has 0 saturated heterocycles. The predicted molar refractivity (Wildman–Crippen MR) is 117 cm³/mol. The molecule has 1 fully saturated rings. The number of fused-ring (bicyclic) bond motifs is 1. The van der Waals surface area contributed by atoms with Gasteiger partial charge >= 0.3 is 5.76 Å². The van der Waals surface area contributed by atoms with E-state index in [9.17, 15) is 9.18 Å². The minimum atomic E-state index is -0.399. The Hall–Kier alpha value is -2.44. The van der Waals surface area contributed by atoms with Crippen molar-refractivity contribution < 1.29 is 8.81 Å². The van der Waals surface area contributed by atoms with Crippen molar-refractivity contribution in [2.45, 2.75) is 50.5 Å². The van der Waals surface area contributed by atoms with Gasteiger partial charge in [-0.25, -0.2) is 9.18 Å². The number of rotatable bonds is 8. The number of benzene rings is 2. The molecular weight excluding hydrogens is 381 g/mol. The van der Waals surface area contributed by atoms with E-state index in [0.717, 1.165) is 57.1 Å². The highest BCUT2D eigenvalue weighted by atomic mass is 19.1. The minimum Gasteiger partial charge on any atom is -0.408 e. The number of hydrogen-bond donors (Lipinski definition) is 2. The highest BCUT2D eigenvalue weighted by molar-refractivity contribution is 5.72. The van der Waals surface area contributed by atoms with Crippen LogP contribution < -0.4 is 11.5 Å². The standard InChI is InChI=1S/C24H30FN3O2/c25-20-8-3-17(4-9-20)2-1-14-28(15-13-26)21-10-5-18(6-11-21)19-7-12-22-23(16-19)30-24(29)27-22/h3-4,7-9,12,16,18,21H,1-2,5-6,10-11,13-15,26H2,(H,27,29)/t18-,21-. The van der Waals surface area contributed by atoms with Crippen LogP contribution >= 0.6 is 0 Å². The molecule has 1 aliphatic rings. The van der Waals surface area contributed by atoms with Gasteiger partial charge in [0.2, 0.25) is 0 Å². The van der Waals surface area contributed by atoms with Crippen molar-refractivity contribution in [2.24, 2.45) is 5.73 Å². The van der Waals surface area contributed by atoms with Gasteiger partial charge in [0, 0.05) is 19.1 Å². The van der Waals surface area contributed by atoms with Crippen LogP contribution in [0.25, 0.3) is 11.1 Å². The van der Waals surface area contributed by atoms with Crippen molar-refractivity contribution in [3.8, 4) is 0 Å². The van der Waals surface area contributed by atoms with E-state index in [2.05, 4.69) is 16.0 Å². The van der Waals surface area contributed by atoms with Crippen LogP contribution in [0, 0.1) is 5.82 Å². The molecule has 0 atom stereocenters. The monoisotopic (exact) mass is 411 g/mol. The molecule has 4 rings (SSSR count). The summed E-state index contributed by atoms with van der Waals surface area (Å²) in [6.07, 6.45) is 6.56. The Kier molecular flexibility index (Phi) is 6.65. The predicted octanol–water partition coefficient (Wildman–Crippen LogP) is 4.18. The fourth-order valence-electron chi connectivity index (χ4n) is 4.77. The Balaban J connectivity index is 1.31. The number of nitrogens with two attached hydrogens (primary N) is 1. The summed E-state index contributed by atoms with van der Waals surface area (Å²) in [6, 6.07) is 13.4. The van der Waals surface area contributed by atoms with Crippen LogP contribution in [-0.4, -0.2) is 35.6 Å². The molecule has 0 radical (unpaired) electrons. The van der Waals surface area contributed by atoms with Crippen LogP contribution in [0.3, 0.4) is 0 Å². The van der Waals surface area contributed by atoms with E-state index >= 15 is 0 Å². The van der Waals surface area contributed by atoms with Crippen molar-refractivity contribution in [1.29, 1.82) is 0 Å². The van der Waals surface area contributed by atoms with Gasteiger partial charge in [-0.05, 0) is 86.4 Å². The molecule has 5 nitrogen and oxygen atoms in total. The second-order valence-electron chi connectivity index (χ2n) is 8.33. The molecule has 1 aromatic heterocycles. The van der Waals surface area contributed by atoms with E-state index < -0.39 is 5.76 Å². The number of H-pyrrole nitrogens is 1. The smallest absolute Gasteiger partial charge is 0.408 e. The molecule has 6 heteroatoms. The first kappa shape index (κ1) is 20.8. The fourth-order valence-corrected chi connectivity index (χ4v) is 4.77. The van der Waals surface area contributed by atoms with Crippen LogP contribution in [-0.2, 0) is 6.42 Å². The van der Waals surface area contributed by atoms with Crippen LogP contribution in [0.15, 0.2) is 51.7 Å². The Morgan fingerprint density at radius 1 is 1.07 bits per heavy atom. The van der Waals surface area contributed by atoms with Crippen molar-refractivity contribution in [2.75, 3.05) is 19.6 Å². The lowest BCUT2D eigenvalue weighted by atomic mass is 9.81. The molecule has 3 N–H and O–H groups in total. The largest absolute Gasteiger partial charge is 0.417 e. The lowest BCUT2D eigenvalue weighted by Crippen LogP contribution is -2.41. The molecule has 0 spiro atoms. The third kappa shape index (κ3) is 4.99. The number of aromatic amines is 1. The molecule has 2 aromatic carbocycles.